The number of hydrogen-bond donors (Lipinski definition) is 1. The summed E-state index contributed by atoms with van der Waals surface area (Å²) in [7, 11) is 0. The van der Waals surface area contributed by atoms with Gasteiger partial charge in [-0.1, -0.05) is 0 Å². The maximum atomic E-state index is 12.2. The number of rotatable bonds is 3. The third kappa shape index (κ3) is 2.37. The highest BCUT2D eigenvalue weighted by molar-refractivity contribution is 5.36. The number of nitrogens with zero attached hydrogens (tertiary/aromatic N) is 4. The second-order valence-electron chi connectivity index (χ2n) is 5.18. The van der Waals surface area contributed by atoms with Gasteiger partial charge in [0.1, 0.15) is 0 Å². The minimum atomic E-state index is 0.0313. The minimum absolute atomic E-state index is 0.0313. The van der Waals surface area contributed by atoms with Gasteiger partial charge in [0.15, 0.2) is 5.82 Å². The van der Waals surface area contributed by atoms with Gasteiger partial charge in [-0.05, 0) is 6.92 Å². The zero-order valence-corrected chi connectivity index (χ0v) is 11.4. The van der Waals surface area contributed by atoms with Crippen LogP contribution in [-0.4, -0.2) is 59.8 Å². The third-order valence-corrected chi connectivity index (χ3v) is 4.13. The van der Waals surface area contributed by atoms with Crippen LogP contribution in [0.3, 0.4) is 0 Å². The highest BCUT2D eigenvalue weighted by atomic mass is 16.1. The van der Waals surface area contributed by atoms with E-state index in [1.807, 2.05) is 6.92 Å². The van der Waals surface area contributed by atoms with Crippen LogP contribution >= 0.6 is 0 Å². The minimum Gasteiger partial charge on any atom is -0.349 e. The first-order valence-electron chi connectivity index (χ1n) is 7.04. The first kappa shape index (κ1) is 12.6. The molecule has 6 heteroatoms. The molecule has 1 aromatic heterocycles. The summed E-state index contributed by atoms with van der Waals surface area (Å²) in [4.78, 5) is 21.1. The van der Waals surface area contributed by atoms with Crippen LogP contribution in [0.1, 0.15) is 6.92 Å². The SMILES string of the molecule is CCn1ccnc(N2CCN(C3CNC3)CC2)c1=O. The summed E-state index contributed by atoms with van der Waals surface area (Å²) in [6.45, 7) is 8.72. The van der Waals surface area contributed by atoms with Crippen LogP contribution in [0, 0.1) is 0 Å². The van der Waals surface area contributed by atoms with Gasteiger partial charge in [-0.2, -0.15) is 0 Å². The molecule has 6 nitrogen and oxygen atoms in total. The van der Waals surface area contributed by atoms with Crippen LogP contribution in [0.15, 0.2) is 17.2 Å². The van der Waals surface area contributed by atoms with Gasteiger partial charge in [-0.3, -0.25) is 9.69 Å². The monoisotopic (exact) mass is 263 g/mol. The molecule has 2 saturated heterocycles. The van der Waals surface area contributed by atoms with E-state index in [2.05, 4.69) is 20.1 Å². The number of nitrogens with one attached hydrogen (secondary N) is 1. The Morgan fingerprint density at radius 2 is 2.05 bits per heavy atom. The molecule has 0 unspecified atom stereocenters. The molecule has 1 aromatic rings. The van der Waals surface area contributed by atoms with E-state index < -0.39 is 0 Å². The van der Waals surface area contributed by atoms with Crippen LogP contribution in [-0.2, 0) is 6.54 Å². The number of piperazine rings is 1. The second-order valence-corrected chi connectivity index (χ2v) is 5.18. The highest BCUT2D eigenvalue weighted by Gasteiger charge is 2.28. The zero-order chi connectivity index (χ0) is 13.2. The molecule has 0 amide bonds. The van der Waals surface area contributed by atoms with Crippen LogP contribution in [0.4, 0.5) is 5.82 Å². The molecular weight excluding hydrogens is 242 g/mol. The molecule has 0 radical (unpaired) electrons. The lowest BCUT2D eigenvalue weighted by Gasteiger charge is -2.43. The van der Waals surface area contributed by atoms with E-state index in [9.17, 15) is 4.79 Å². The van der Waals surface area contributed by atoms with E-state index >= 15 is 0 Å². The Hall–Kier alpha value is -1.40. The largest absolute Gasteiger partial charge is 0.349 e. The summed E-state index contributed by atoms with van der Waals surface area (Å²) in [6, 6.07) is 0.693. The molecule has 19 heavy (non-hydrogen) atoms. The number of aryl methyl sites for hydroxylation is 1. The normalized spacial score (nSPS) is 21.4. The van der Waals surface area contributed by atoms with Gasteiger partial charge >= 0.3 is 0 Å². The molecule has 0 bridgehead atoms. The predicted octanol–water partition coefficient (Wildman–Crippen LogP) is -0.643. The molecule has 0 spiro atoms. The molecular formula is C13H21N5O. The van der Waals surface area contributed by atoms with Crippen molar-refractivity contribution >= 4 is 5.82 Å². The van der Waals surface area contributed by atoms with E-state index in [-0.39, 0.29) is 5.56 Å². The molecule has 104 valence electrons. The van der Waals surface area contributed by atoms with Crippen LogP contribution in [0.5, 0.6) is 0 Å². The van der Waals surface area contributed by atoms with Gasteiger partial charge in [0.25, 0.3) is 5.56 Å². The lowest BCUT2D eigenvalue weighted by atomic mass is 10.1. The van der Waals surface area contributed by atoms with Crippen molar-refractivity contribution in [2.75, 3.05) is 44.2 Å². The summed E-state index contributed by atoms with van der Waals surface area (Å²) in [5.41, 5.74) is 0.0313. The van der Waals surface area contributed by atoms with Crippen molar-refractivity contribution in [2.24, 2.45) is 0 Å². The summed E-state index contributed by atoms with van der Waals surface area (Å²) in [5, 5.41) is 3.30. The summed E-state index contributed by atoms with van der Waals surface area (Å²) in [6.07, 6.45) is 3.48. The lowest BCUT2D eigenvalue weighted by Crippen LogP contribution is -2.62. The fraction of sp³-hybridized carbons (Fsp3) is 0.692. The fourth-order valence-electron chi connectivity index (χ4n) is 2.73. The Morgan fingerprint density at radius 3 is 2.63 bits per heavy atom. The van der Waals surface area contributed by atoms with Gasteiger partial charge < -0.3 is 14.8 Å². The average molecular weight is 263 g/mol. The van der Waals surface area contributed by atoms with Gasteiger partial charge in [-0.25, -0.2) is 4.98 Å². The van der Waals surface area contributed by atoms with Gasteiger partial charge in [0, 0.05) is 64.2 Å². The first-order valence-corrected chi connectivity index (χ1v) is 7.04. The maximum Gasteiger partial charge on any atom is 0.293 e. The Kier molecular flexibility index (Phi) is 3.52. The molecule has 2 aliphatic rings. The average Bonchev–Trinajstić information content (AvgIpc) is 2.38. The Bertz CT molecular complexity index is 488. The molecule has 0 aromatic carbocycles. The number of hydrogen-bond acceptors (Lipinski definition) is 5. The van der Waals surface area contributed by atoms with Gasteiger partial charge in [-0.15, -0.1) is 0 Å². The molecule has 2 aliphatic heterocycles. The smallest absolute Gasteiger partial charge is 0.293 e. The van der Waals surface area contributed by atoms with Crippen molar-refractivity contribution in [3.63, 3.8) is 0 Å². The van der Waals surface area contributed by atoms with E-state index in [4.69, 9.17) is 0 Å². The zero-order valence-electron chi connectivity index (χ0n) is 11.4. The first-order chi connectivity index (χ1) is 9.29. The van der Waals surface area contributed by atoms with Crippen molar-refractivity contribution in [3.05, 3.63) is 22.7 Å². The van der Waals surface area contributed by atoms with Crippen molar-refractivity contribution < 1.29 is 0 Å². The van der Waals surface area contributed by atoms with E-state index in [1.165, 1.54) is 0 Å². The van der Waals surface area contributed by atoms with Gasteiger partial charge in [0.2, 0.25) is 0 Å². The van der Waals surface area contributed by atoms with Crippen LogP contribution < -0.4 is 15.8 Å². The summed E-state index contributed by atoms with van der Waals surface area (Å²) in [5.74, 6) is 0.607. The second kappa shape index (κ2) is 5.30. The lowest BCUT2D eigenvalue weighted by molar-refractivity contribution is 0.137. The molecule has 2 fully saturated rings. The summed E-state index contributed by atoms with van der Waals surface area (Å²) >= 11 is 0. The fourth-order valence-corrected chi connectivity index (χ4v) is 2.73. The van der Waals surface area contributed by atoms with E-state index in [1.54, 1.807) is 17.0 Å². The van der Waals surface area contributed by atoms with Gasteiger partial charge in [0.05, 0.1) is 0 Å². The molecule has 0 atom stereocenters. The molecule has 0 saturated carbocycles. The van der Waals surface area contributed by atoms with E-state index in [0.717, 1.165) is 39.3 Å². The van der Waals surface area contributed by atoms with Crippen molar-refractivity contribution in [1.29, 1.82) is 0 Å². The van der Waals surface area contributed by atoms with Crippen LogP contribution in [0.2, 0.25) is 0 Å². The number of anilines is 1. The molecule has 0 aliphatic carbocycles. The quantitative estimate of drug-likeness (QED) is 0.786. The topological polar surface area (TPSA) is 53.4 Å². The number of aromatic nitrogens is 2. The molecule has 3 rings (SSSR count). The van der Waals surface area contributed by atoms with Crippen molar-refractivity contribution in [3.8, 4) is 0 Å². The van der Waals surface area contributed by atoms with Crippen LogP contribution in [0.25, 0.3) is 0 Å². The Labute approximate surface area is 113 Å². The summed E-state index contributed by atoms with van der Waals surface area (Å²) < 4.78 is 1.71. The van der Waals surface area contributed by atoms with E-state index in [0.29, 0.717) is 18.4 Å². The third-order valence-electron chi connectivity index (χ3n) is 4.13. The Balaban J connectivity index is 1.69. The Morgan fingerprint density at radius 1 is 1.32 bits per heavy atom. The van der Waals surface area contributed by atoms with Crippen molar-refractivity contribution in [2.45, 2.75) is 19.5 Å². The maximum absolute atomic E-state index is 12.2. The molecule has 3 heterocycles. The van der Waals surface area contributed by atoms with Crippen molar-refractivity contribution in [1.82, 2.24) is 19.8 Å². The standard InChI is InChI=1S/C13H21N5O/c1-2-16-4-3-15-12(13(16)19)18-7-5-17(6-8-18)11-9-14-10-11/h3-4,11,14H,2,5-10H2,1H3. The molecule has 1 N–H and O–H groups in total. The highest BCUT2D eigenvalue weighted by Crippen LogP contribution is 2.12. The predicted molar refractivity (Wildman–Crippen MR) is 74.6 cm³/mol.